The number of hydrogen-bond acceptors (Lipinski definition) is 4. The van der Waals surface area contributed by atoms with Gasteiger partial charge in [-0.25, -0.2) is 0 Å². The molecule has 8 heteroatoms. The van der Waals surface area contributed by atoms with Crippen LogP contribution in [0.1, 0.15) is 19.8 Å². The molecule has 2 fully saturated rings. The lowest BCUT2D eigenvalue weighted by Crippen LogP contribution is -2.52. The molecule has 1 atom stereocenters. The summed E-state index contributed by atoms with van der Waals surface area (Å²) in [6.45, 7) is 4.88. The summed E-state index contributed by atoms with van der Waals surface area (Å²) in [6.07, 6.45) is -3.54. The van der Waals surface area contributed by atoms with Crippen LogP contribution in [0.2, 0.25) is 0 Å². The van der Waals surface area contributed by atoms with Crippen LogP contribution in [0, 0.1) is 5.92 Å². The summed E-state index contributed by atoms with van der Waals surface area (Å²) in [5.41, 5.74) is 0. The average molecular weight is 337 g/mol. The number of aliphatic hydroxyl groups is 1. The van der Waals surface area contributed by atoms with Crippen LogP contribution in [0.4, 0.5) is 13.2 Å². The van der Waals surface area contributed by atoms with Crippen LogP contribution in [-0.4, -0.2) is 90.4 Å². The highest BCUT2D eigenvalue weighted by atomic mass is 19.4. The van der Waals surface area contributed by atoms with Gasteiger partial charge in [0, 0.05) is 38.6 Å². The first-order chi connectivity index (χ1) is 10.7. The number of aliphatic hydroxyl groups excluding tert-OH is 1. The first-order valence-electron chi connectivity index (χ1n) is 8.23. The van der Waals surface area contributed by atoms with Gasteiger partial charge in [-0.15, -0.1) is 0 Å². The third-order valence-electron chi connectivity index (χ3n) is 4.55. The highest BCUT2D eigenvalue weighted by Crippen LogP contribution is 2.24. The molecule has 1 amide bonds. The van der Waals surface area contributed by atoms with E-state index in [1.54, 1.807) is 6.92 Å². The number of piperidine rings is 1. The zero-order valence-corrected chi connectivity index (χ0v) is 13.6. The molecule has 0 radical (unpaired) electrons. The summed E-state index contributed by atoms with van der Waals surface area (Å²) in [7, 11) is 0. The van der Waals surface area contributed by atoms with Crippen LogP contribution in [-0.2, 0) is 4.79 Å². The van der Waals surface area contributed by atoms with E-state index < -0.39 is 12.7 Å². The number of rotatable bonds is 4. The average Bonchev–Trinajstić information content (AvgIpc) is 2.46. The Labute approximate surface area is 135 Å². The standard InChI is InChI=1S/C15H26F3N3O2/c1-12(22)10-19-6-8-21(9-7-19)14(23)13-2-4-20(5-3-13)11-15(16,17)18/h12-13,22H,2-11H2,1H3. The van der Waals surface area contributed by atoms with Crippen molar-refractivity contribution < 1.29 is 23.1 Å². The predicted molar refractivity (Wildman–Crippen MR) is 79.9 cm³/mol. The molecule has 1 unspecified atom stereocenters. The van der Waals surface area contributed by atoms with Crippen molar-refractivity contribution in [2.24, 2.45) is 5.92 Å². The Kier molecular flexibility index (Phi) is 6.27. The molecule has 2 aliphatic rings. The van der Waals surface area contributed by atoms with Crippen molar-refractivity contribution in [1.82, 2.24) is 14.7 Å². The molecule has 2 heterocycles. The molecule has 0 saturated carbocycles. The van der Waals surface area contributed by atoms with Gasteiger partial charge in [0.05, 0.1) is 12.6 Å². The number of carbonyl (C=O) groups excluding carboxylic acids is 1. The molecule has 0 spiro atoms. The van der Waals surface area contributed by atoms with Gasteiger partial charge in [0.2, 0.25) is 5.91 Å². The lowest BCUT2D eigenvalue weighted by molar-refractivity contribution is -0.151. The van der Waals surface area contributed by atoms with E-state index in [1.807, 2.05) is 4.90 Å². The SMILES string of the molecule is CC(O)CN1CCN(C(=O)C2CCN(CC(F)(F)F)CC2)CC1. The highest BCUT2D eigenvalue weighted by molar-refractivity contribution is 5.79. The molecule has 0 aromatic rings. The van der Waals surface area contributed by atoms with Gasteiger partial charge < -0.3 is 10.0 Å². The number of alkyl halides is 3. The zero-order chi connectivity index (χ0) is 17.0. The number of likely N-dealkylation sites (tertiary alicyclic amines) is 1. The van der Waals surface area contributed by atoms with E-state index in [4.69, 9.17) is 0 Å². The Morgan fingerprint density at radius 1 is 1.09 bits per heavy atom. The summed E-state index contributed by atoms with van der Waals surface area (Å²) in [5.74, 6) is -0.0730. The summed E-state index contributed by atoms with van der Waals surface area (Å²) < 4.78 is 37.1. The summed E-state index contributed by atoms with van der Waals surface area (Å²) >= 11 is 0. The van der Waals surface area contributed by atoms with Crippen molar-refractivity contribution in [2.45, 2.75) is 32.0 Å². The van der Waals surface area contributed by atoms with Crippen molar-refractivity contribution >= 4 is 5.91 Å². The van der Waals surface area contributed by atoms with Gasteiger partial charge in [0.25, 0.3) is 0 Å². The highest BCUT2D eigenvalue weighted by Gasteiger charge is 2.35. The van der Waals surface area contributed by atoms with E-state index in [2.05, 4.69) is 4.90 Å². The maximum Gasteiger partial charge on any atom is 0.401 e. The van der Waals surface area contributed by atoms with Crippen LogP contribution in [0.15, 0.2) is 0 Å². The minimum Gasteiger partial charge on any atom is -0.392 e. The molecular weight excluding hydrogens is 311 g/mol. The molecule has 2 rings (SSSR count). The molecule has 0 aliphatic carbocycles. The number of hydrogen-bond donors (Lipinski definition) is 1. The maximum absolute atomic E-state index is 12.5. The number of nitrogens with zero attached hydrogens (tertiary/aromatic N) is 3. The fourth-order valence-electron chi connectivity index (χ4n) is 3.37. The smallest absolute Gasteiger partial charge is 0.392 e. The first kappa shape index (κ1) is 18.5. The van der Waals surface area contributed by atoms with E-state index in [-0.39, 0.29) is 17.9 Å². The van der Waals surface area contributed by atoms with E-state index >= 15 is 0 Å². The van der Waals surface area contributed by atoms with Gasteiger partial charge in [0.15, 0.2) is 0 Å². The van der Waals surface area contributed by atoms with Crippen LogP contribution < -0.4 is 0 Å². The number of piperazine rings is 1. The van der Waals surface area contributed by atoms with Crippen LogP contribution in [0.5, 0.6) is 0 Å². The van der Waals surface area contributed by atoms with Crippen LogP contribution in [0.25, 0.3) is 0 Å². The number of amides is 1. The number of β-amino-alcohol motifs (C(OH)–C–C–N with tert-alkyl or cyclic N) is 1. The second-order valence-corrected chi connectivity index (χ2v) is 6.64. The third-order valence-corrected chi connectivity index (χ3v) is 4.55. The van der Waals surface area contributed by atoms with Gasteiger partial charge in [-0.3, -0.25) is 14.6 Å². The molecular formula is C15H26F3N3O2. The fourth-order valence-corrected chi connectivity index (χ4v) is 3.37. The van der Waals surface area contributed by atoms with Crippen LogP contribution in [0.3, 0.4) is 0 Å². The van der Waals surface area contributed by atoms with Gasteiger partial charge in [0.1, 0.15) is 0 Å². The van der Waals surface area contributed by atoms with E-state index in [0.29, 0.717) is 45.6 Å². The minimum absolute atomic E-state index is 0.0772. The molecule has 23 heavy (non-hydrogen) atoms. The second-order valence-electron chi connectivity index (χ2n) is 6.64. The van der Waals surface area contributed by atoms with E-state index in [9.17, 15) is 23.1 Å². The molecule has 2 aliphatic heterocycles. The summed E-state index contributed by atoms with van der Waals surface area (Å²) in [5, 5.41) is 9.38. The molecule has 5 nitrogen and oxygen atoms in total. The van der Waals surface area contributed by atoms with Gasteiger partial charge in [-0.1, -0.05) is 0 Å². The largest absolute Gasteiger partial charge is 0.401 e. The Hall–Kier alpha value is -0.860. The molecule has 0 aromatic heterocycles. The van der Waals surface area contributed by atoms with E-state index in [1.165, 1.54) is 4.90 Å². The Balaban J connectivity index is 1.73. The van der Waals surface area contributed by atoms with Gasteiger partial charge in [-0.2, -0.15) is 13.2 Å². The minimum atomic E-state index is -4.17. The fraction of sp³-hybridized carbons (Fsp3) is 0.933. The number of carbonyl (C=O) groups is 1. The first-order valence-corrected chi connectivity index (χ1v) is 8.23. The summed E-state index contributed by atoms with van der Waals surface area (Å²) in [6, 6.07) is 0. The normalized spacial score (nSPS) is 24.0. The lowest BCUT2D eigenvalue weighted by atomic mass is 9.95. The predicted octanol–water partition coefficient (Wildman–Crippen LogP) is 0.786. The van der Waals surface area contributed by atoms with Gasteiger partial charge in [-0.05, 0) is 32.9 Å². The van der Waals surface area contributed by atoms with E-state index in [0.717, 1.165) is 13.1 Å². The second kappa shape index (κ2) is 7.81. The molecule has 0 aromatic carbocycles. The molecule has 2 saturated heterocycles. The van der Waals surface area contributed by atoms with Crippen LogP contribution >= 0.6 is 0 Å². The zero-order valence-electron chi connectivity index (χ0n) is 13.6. The molecule has 134 valence electrons. The van der Waals surface area contributed by atoms with Crippen molar-refractivity contribution in [2.75, 3.05) is 52.4 Å². The Bertz CT molecular complexity index is 388. The monoisotopic (exact) mass is 337 g/mol. The summed E-state index contributed by atoms with van der Waals surface area (Å²) in [4.78, 5) is 17.8. The Morgan fingerprint density at radius 2 is 1.65 bits per heavy atom. The van der Waals surface area contributed by atoms with Crippen molar-refractivity contribution in [3.05, 3.63) is 0 Å². The quantitative estimate of drug-likeness (QED) is 0.824. The molecule has 1 N–H and O–H groups in total. The third kappa shape index (κ3) is 5.93. The number of halogens is 3. The molecule has 0 bridgehead atoms. The van der Waals surface area contributed by atoms with Gasteiger partial charge >= 0.3 is 6.18 Å². The van der Waals surface area contributed by atoms with Crippen molar-refractivity contribution in [3.8, 4) is 0 Å². The van der Waals surface area contributed by atoms with Crippen molar-refractivity contribution in [1.29, 1.82) is 0 Å². The van der Waals surface area contributed by atoms with Crippen molar-refractivity contribution in [3.63, 3.8) is 0 Å². The maximum atomic E-state index is 12.5. The Morgan fingerprint density at radius 3 is 2.13 bits per heavy atom. The topological polar surface area (TPSA) is 47.0 Å². The lowest BCUT2D eigenvalue weighted by Gasteiger charge is -2.39.